The van der Waals surface area contributed by atoms with Crippen molar-refractivity contribution in [2.24, 2.45) is 0 Å². The fourth-order valence-electron chi connectivity index (χ4n) is 18.6. The molecule has 23 aromatic rings. The Hall–Kier alpha value is -14.7. The minimum absolute atomic E-state index is 1.15. The summed E-state index contributed by atoms with van der Waals surface area (Å²) in [5, 5.41) is 25.2. The van der Waals surface area contributed by atoms with E-state index in [-0.39, 0.29) is 0 Å². The molecule has 2 aromatic heterocycles. The molecule has 0 radical (unpaired) electrons. The molecule has 0 saturated heterocycles. The predicted octanol–water partition coefficient (Wildman–Crippen LogP) is 30.5. The highest BCUT2D eigenvalue weighted by atomic mass is 15.0. The summed E-state index contributed by atoms with van der Waals surface area (Å²) in [6.45, 7) is 0. The van der Waals surface area contributed by atoms with E-state index in [9.17, 15) is 0 Å². The van der Waals surface area contributed by atoms with Gasteiger partial charge in [0.15, 0.2) is 0 Å². The second kappa shape index (κ2) is 26.6. The largest absolute Gasteiger partial charge is 0.309 e. The van der Waals surface area contributed by atoms with Gasteiger partial charge in [-0.25, -0.2) is 0 Å². The summed E-state index contributed by atoms with van der Waals surface area (Å²) < 4.78 is 4.89. The number of nitrogens with zero attached hydrogens (tertiary/aromatic N) is 2. The first kappa shape index (κ1) is 64.5. The molecule has 2 nitrogen and oxygen atoms in total. The van der Waals surface area contributed by atoms with Gasteiger partial charge in [0.1, 0.15) is 0 Å². The van der Waals surface area contributed by atoms with Gasteiger partial charge >= 0.3 is 0 Å². The van der Waals surface area contributed by atoms with Gasteiger partial charge in [0.05, 0.1) is 22.1 Å². The Morgan fingerprint density at radius 2 is 0.446 bits per heavy atom. The summed E-state index contributed by atoms with van der Waals surface area (Å²) in [4.78, 5) is 0. The highest BCUT2D eigenvalue weighted by Crippen LogP contribution is 2.50. The van der Waals surface area contributed by atoms with Crippen molar-refractivity contribution < 1.29 is 0 Å². The smallest absolute Gasteiger partial charge is 0.0619 e. The topological polar surface area (TPSA) is 9.86 Å². The summed E-state index contributed by atoms with van der Waals surface area (Å²) in [7, 11) is 0. The van der Waals surface area contributed by atoms with Gasteiger partial charge in [-0.2, -0.15) is 0 Å². The van der Waals surface area contributed by atoms with Crippen LogP contribution in [-0.4, -0.2) is 9.13 Å². The number of hydrogen-bond acceptors (Lipinski definition) is 0. The predicted molar refractivity (Wildman–Crippen MR) is 480 cm³/mol. The summed E-state index contributed by atoms with van der Waals surface area (Å²) in [6.07, 6.45) is 0. The third-order valence-corrected chi connectivity index (χ3v) is 23.5. The molecular formula is C110H70N2. The van der Waals surface area contributed by atoms with E-state index in [0.29, 0.717) is 0 Å². The minimum Gasteiger partial charge on any atom is -0.309 e. The van der Waals surface area contributed by atoms with E-state index < -0.39 is 0 Å². The Bertz CT molecular complexity index is 7580. The Kier molecular flexibility index (Phi) is 15.3. The standard InChI is InChI=1S/C58H37N.C52H33N/c1-2-16-45(17-3-1)59-55-25-13-12-19-47(55)54-37-53(46-18-6-11-24-52(46)58(54)59)40-29-33-42(34-30-40)57-50-22-9-7-20-48(50)56(49-21-8-10-23-51(49)57)41-31-26-39(27-32-41)44-35-28-38-14-4-5-15-43(38)36-44;1-2-15-35(16-3-1)47-33-48-40-21-12-13-28-49(40)53(52(48)46-26-11-6-20-39(46)47)37-31-29-36(30-32-37)50-42-22-7-9-24-44(42)51(45-25-10-8-23-43(45)50)41-27-14-18-34-17-4-5-19-38(34)41/h1-37H;1-33H. The van der Waals surface area contributed by atoms with Gasteiger partial charge < -0.3 is 9.13 Å². The molecule has 112 heavy (non-hydrogen) atoms. The monoisotopic (exact) mass is 1420 g/mol. The Balaban J connectivity index is 0.000000138. The first-order chi connectivity index (χ1) is 55.6. The lowest BCUT2D eigenvalue weighted by Gasteiger charge is -2.19. The number of aromatic nitrogens is 2. The molecule has 0 aliphatic heterocycles. The van der Waals surface area contributed by atoms with Crippen LogP contribution in [0.25, 0.3) is 219 Å². The average Bonchev–Trinajstić information content (AvgIpc) is 1.66. The first-order valence-corrected chi connectivity index (χ1v) is 38.8. The van der Waals surface area contributed by atoms with Gasteiger partial charge in [-0.15, -0.1) is 0 Å². The van der Waals surface area contributed by atoms with Crippen molar-refractivity contribution in [3.8, 4) is 89.3 Å². The molecule has 0 amide bonds. The molecular weight excluding hydrogens is 1350 g/mol. The Morgan fingerprint density at radius 1 is 0.134 bits per heavy atom. The van der Waals surface area contributed by atoms with Crippen LogP contribution in [0, 0.1) is 0 Å². The third-order valence-electron chi connectivity index (χ3n) is 23.5. The molecule has 21 aromatic carbocycles. The van der Waals surface area contributed by atoms with Gasteiger partial charge in [0.25, 0.3) is 0 Å². The highest BCUT2D eigenvalue weighted by molar-refractivity contribution is 6.27. The van der Waals surface area contributed by atoms with Crippen LogP contribution >= 0.6 is 0 Å². The normalized spacial score (nSPS) is 11.8. The van der Waals surface area contributed by atoms with Crippen molar-refractivity contribution in [3.63, 3.8) is 0 Å². The molecule has 0 bridgehead atoms. The molecule has 0 unspecified atom stereocenters. The van der Waals surface area contributed by atoms with Gasteiger partial charge in [-0.3, -0.25) is 0 Å². The van der Waals surface area contributed by atoms with Crippen molar-refractivity contribution in [2.75, 3.05) is 0 Å². The fraction of sp³-hybridized carbons (Fsp3) is 0. The van der Waals surface area contributed by atoms with Crippen molar-refractivity contribution in [3.05, 3.63) is 425 Å². The van der Waals surface area contributed by atoms with Crippen molar-refractivity contribution in [1.29, 1.82) is 0 Å². The molecule has 0 saturated carbocycles. The van der Waals surface area contributed by atoms with Crippen molar-refractivity contribution in [2.45, 2.75) is 0 Å². The maximum Gasteiger partial charge on any atom is 0.0619 e. The summed E-state index contributed by atoms with van der Waals surface area (Å²) >= 11 is 0. The van der Waals surface area contributed by atoms with Crippen LogP contribution in [0.2, 0.25) is 0 Å². The van der Waals surface area contributed by atoms with E-state index in [1.807, 2.05) is 0 Å². The van der Waals surface area contributed by atoms with Gasteiger partial charge in [0.2, 0.25) is 0 Å². The molecule has 0 aliphatic rings. The zero-order chi connectivity index (χ0) is 73.7. The zero-order valence-corrected chi connectivity index (χ0v) is 61.3. The van der Waals surface area contributed by atoms with E-state index in [0.717, 1.165) is 5.69 Å². The summed E-state index contributed by atoms with van der Waals surface area (Å²) in [5.41, 5.74) is 24.7. The summed E-state index contributed by atoms with van der Waals surface area (Å²) in [6, 6.07) is 156. The Labute approximate surface area is 648 Å². The van der Waals surface area contributed by atoms with Crippen LogP contribution in [0.15, 0.2) is 425 Å². The molecule has 0 fully saturated rings. The molecule has 23 rings (SSSR count). The van der Waals surface area contributed by atoms with Crippen LogP contribution in [0.1, 0.15) is 0 Å². The van der Waals surface area contributed by atoms with Gasteiger partial charge in [-0.05, 0) is 208 Å². The molecule has 2 heterocycles. The van der Waals surface area contributed by atoms with E-state index in [2.05, 4.69) is 434 Å². The molecule has 0 aliphatic carbocycles. The molecule has 2 heteroatoms. The van der Waals surface area contributed by atoms with Gasteiger partial charge in [-0.1, -0.05) is 370 Å². The third kappa shape index (κ3) is 10.5. The maximum absolute atomic E-state index is 2.46. The highest BCUT2D eigenvalue weighted by Gasteiger charge is 2.24. The van der Waals surface area contributed by atoms with E-state index in [1.54, 1.807) is 0 Å². The zero-order valence-electron chi connectivity index (χ0n) is 61.3. The lowest BCUT2D eigenvalue weighted by molar-refractivity contribution is 1.19. The van der Waals surface area contributed by atoms with Crippen molar-refractivity contribution >= 4 is 130 Å². The van der Waals surface area contributed by atoms with E-state index in [4.69, 9.17) is 0 Å². The number of benzene rings is 21. The van der Waals surface area contributed by atoms with Crippen LogP contribution < -0.4 is 0 Å². The fourth-order valence-corrected chi connectivity index (χ4v) is 18.6. The second-order valence-corrected chi connectivity index (χ2v) is 29.6. The molecule has 0 N–H and O–H groups in total. The molecule has 0 atom stereocenters. The van der Waals surface area contributed by atoms with Crippen molar-refractivity contribution in [1.82, 2.24) is 9.13 Å². The molecule has 520 valence electrons. The van der Waals surface area contributed by atoms with E-state index in [1.165, 1.54) is 213 Å². The summed E-state index contributed by atoms with van der Waals surface area (Å²) in [5.74, 6) is 0. The van der Waals surface area contributed by atoms with E-state index >= 15 is 0 Å². The Morgan fingerprint density at radius 3 is 0.920 bits per heavy atom. The minimum atomic E-state index is 1.15. The lowest BCUT2D eigenvalue weighted by Crippen LogP contribution is -1.96. The second-order valence-electron chi connectivity index (χ2n) is 29.6. The SMILES string of the molecule is c1ccc(-c2cc3c4ccccc4n(-c4ccc(-c5c6ccccc6c(-c6cccc7ccccc67)c6ccccc56)cc4)c3c3ccccc23)cc1.c1ccc(-n2c3ccccc3c3cc(-c4ccc(-c5c6ccccc6c(-c6ccc(-c7ccc8ccccc8c7)cc6)c6ccccc56)cc4)c4ccccc4c32)cc1. The quantitative estimate of drug-likeness (QED) is 0.128. The molecule has 0 spiro atoms. The average molecular weight is 1420 g/mol. The lowest BCUT2D eigenvalue weighted by atomic mass is 9.85. The van der Waals surface area contributed by atoms with Gasteiger partial charge in [0, 0.05) is 43.7 Å². The number of rotatable bonds is 9. The van der Waals surface area contributed by atoms with Crippen LogP contribution in [0.4, 0.5) is 0 Å². The van der Waals surface area contributed by atoms with Crippen LogP contribution in [0.5, 0.6) is 0 Å². The van der Waals surface area contributed by atoms with Crippen LogP contribution in [-0.2, 0) is 0 Å². The number of para-hydroxylation sites is 3. The number of hydrogen-bond donors (Lipinski definition) is 0. The van der Waals surface area contributed by atoms with Crippen LogP contribution in [0.3, 0.4) is 0 Å². The number of fused-ring (bicyclic) bond motifs is 16. The maximum atomic E-state index is 2.46. The first-order valence-electron chi connectivity index (χ1n) is 38.8.